The van der Waals surface area contributed by atoms with Crippen molar-refractivity contribution in [3.8, 4) is 6.07 Å². The Morgan fingerprint density at radius 3 is 2.96 bits per heavy atom. The fourth-order valence-electron chi connectivity index (χ4n) is 3.04. The molecule has 1 saturated heterocycles. The number of ether oxygens (including phenoxy) is 1. The van der Waals surface area contributed by atoms with Gasteiger partial charge in [0.25, 0.3) is 6.01 Å². The number of anilines is 1. The molecule has 0 amide bonds. The van der Waals surface area contributed by atoms with Crippen molar-refractivity contribution in [3.63, 3.8) is 0 Å². The fourth-order valence-corrected chi connectivity index (χ4v) is 3.04. The zero-order valence-corrected chi connectivity index (χ0v) is 13.4. The lowest BCUT2D eigenvalue weighted by atomic mass is 10.1. The standard InChI is InChI=1S/C19H17N3O2/c1-13-4-2-7-16-18(13)21-19(24-16)22-8-9-23-17(12-22)15-6-3-5-14(10-15)11-20/h2-7,10,17H,8-9,12H2,1H3. The van der Waals surface area contributed by atoms with E-state index in [1.54, 1.807) is 6.07 Å². The maximum absolute atomic E-state index is 9.07. The number of benzene rings is 2. The highest BCUT2D eigenvalue weighted by molar-refractivity contribution is 5.78. The van der Waals surface area contributed by atoms with E-state index in [4.69, 9.17) is 14.4 Å². The van der Waals surface area contributed by atoms with Gasteiger partial charge in [-0.3, -0.25) is 0 Å². The summed E-state index contributed by atoms with van der Waals surface area (Å²) in [5.41, 5.74) is 4.47. The van der Waals surface area contributed by atoms with Gasteiger partial charge < -0.3 is 14.1 Å². The molecule has 3 aromatic rings. The second kappa shape index (κ2) is 5.99. The first-order valence-corrected chi connectivity index (χ1v) is 7.97. The first kappa shape index (κ1) is 14.7. The molecule has 1 atom stereocenters. The molecule has 0 bridgehead atoms. The zero-order chi connectivity index (χ0) is 16.5. The van der Waals surface area contributed by atoms with Crippen LogP contribution in [0.25, 0.3) is 11.1 Å². The Morgan fingerprint density at radius 1 is 1.25 bits per heavy atom. The monoisotopic (exact) mass is 319 g/mol. The molecule has 1 unspecified atom stereocenters. The molecule has 24 heavy (non-hydrogen) atoms. The van der Waals surface area contributed by atoms with Gasteiger partial charge in [-0.25, -0.2) is 0 Å². The fraction of sp³-hybridized carbons (Fsp3) is 0.263. The Bertz CT molecular complexity index is 926. The van der Waals surface area contributed by atoms with Crippen LogP contribution in [0.5, 0.6) is 0 Å². The van der Waals surface area contributed by atoms with Gasteiger partial charge in [0.15, 0.2) is 5.58 Å². The number of fused-ring (bicyclic) bond motifs is 1. The third kappa shape index (κ3) is 2.61. The first-order chi connectivity index (χ1) is 11.7. The van der Waals surface area contributed by atoms with Gasteiger partial charge in [0.1, 0.15) is 11.6 Å². The van der Waals surface area contributed by atoms with Gasteiger partial charge in [-0.2, -0.15) is 10.2 Å². The minimum Gasteiger partial charge on any atom is -0.423 e. The van der Waals surface area contributed by atoms with Gasteiger partial charge in [0.05, 0.1) is 24.8 Å². The van der Waals surface area contributed by atoms with E-state index in [9.17, 15) is 0 Å². The Balaban J connectivity index is 1.62. The number of nitrogens with zero attached hydrogens (tertiary/aromatic N) is 3. The van der Waals surface area contributed by atoms with Crippen LogP contribution in [0.3, 0.4) is 0 Å². The van der Waals surface area contributed by atoms with E-state index in [-0.39, 0.29) is 6.10 Å². The van der Waals surface area contributed by atoms with Crippen molar-refractivity contribution in [1.82, 2.24) is 4.98 Å². The molecule has 0 radical (unpaired) electrons. The zero-order valence-electron chi connectivity index (χ0n) is 13.4. The Kier molecular flexibility index (Phi) is 3.68. The molecule has 5 heteroatoms. The lowest BCUT2D eigenvalue weighted by Crippen LogP contribution is -2.38. The highest BCUT2D eigenvalue weighted by atomic mass is 16.5. The van der Waals surface area contributed by atoms with Crippen LogP contribution in [-0.2, 0) is 4.74 Å². The van der Waals surface area contributed by atoms with Crippen molar-refractivity contribution in [2.75, 3.05) is 24.6 Å². The summed E-state index contributed by atoms with van der Waals surface area (Å²) < 4.78 is 11.8. The molecule has 0 spiro atoms. The van der Waals surface area contributed by atoms with E-state index in [2.05, 4.69) is 16.0 Å². The summed E-state index contributed by atoms with van der Waals surface area (Å²) in [4.78, 5) is 6.75. The van der Waals surface area contributed by atoms with Crippen LogP contribution in [-0.4, -0.2) is 24.7 Å². The second-order valence-corrected chi connectivity index (χ2v) is 5.96. The summed E-state index contributed by atoms with van der Waals surface area (Å²) in [6.07, 6.45) is -0.0943. The molecule has 1 aliphatic rings. The first-order valence-electron chi connectivity index (χ1n) is 7.97. The molecule has 2 aromatic carbocycles. The molecule has 5 nitrogen and oxygen atoms in total. The predicted molar refractivity (Wildman–Crippen MR) is 90.8 cm³/mol. The highest BCUT2D eigenvalue weighted by Gasteiger charge is 2.25. The number of nitriles is 1. The van der Waals surface area contributed by atoms with E-state index >= 15 is 0 Å². The topological polar surface area (TPSA) is 62.3 Å². The van der Waals surface area contributed by atoms with Crippen molar-refractivity contribution in [2.24, 2.45) is 0 Å². The minimum absolute atomic E-state index is 0.0943. The van der Waals surface area contributed by atoms with Crippen LogP contribution in [0.2, 0.25) is 0 Å². The van der Waals surface area contributed by atoms with E-state index < -0.39 is 0 Å². The highest BCUT2D eigenvalue weighted by Crippen LogP contribution is 2.29. The molecular formula is C19H17N3O2. The average molecular weight is 319 g/mol. The third-order valence-corrected chi connectivity index (χ3v) is 4.33. The lowest BCUT2D eigenvalue weighted by Gasteiger charge is -2.32. The summed E-state index contributed by atoms with van der Waals surface area (Å²) >= 11 is 0. The number of rotatable bonds is 2. The van der Waals surface area contributed by atoms with Gasteiger partial charge >= 0.3 is 0 Å². The molecular weight excluding hydrogens is 302 g/mol. The Morgan fingerprint density at radius 2 is 2.12 bits per heavy atom. The van der Waals surface area contributed by atoms with Gasteiger partial charge in [0.2, 0.25) is 0 Å². The molecule has 0 saturated carbocycles. The molecule has 1 aromatic heterocycles. The van der Waals surface area contributed by atoms with Crippen LogP contribution in [0.4, 0.5) is 6.01 Å². The van der Waals surface area contributed by atoms with E-state index in [0.29, 0.717) is 24.7 Å². The average Bonchev–Trinajstić information content (AvgIpc) is 3.08. The van der Waals surface area contributed by atoms with Crippen molar-refractivity contribution in [1.29, 1.82) is 5.26 Å². The largest absolute Gasteiger partial charge is 0.423 e. The van der Waals surface area contributed by atoms with Crippen LogP contribution in [0, 0.1) is 18.3 Å². The van der Waals surface area contributed by atoms with Crippen LogP contribution in [0.1, 0.15) is 22.8 Å². The number of aryl methyl sites for hydroxylation is 1. The molecule has 2 heterocycles. The van der Waals surface area contributed by atoms with Gasteiger partial charge in [-0.15, -0.1) is 0 Å². The van der Waals surface area contributed by atoms with Crippen LogP contribution >= 0.6 is 0 Å². The maximum atomic E-state index is 9.07. The Hall–Kier alpha value is -2.84. The van der Waals surface area contributed by atoms with E-state index in [1.807, 2.05) is 43.3 Å². The number of hydrogen-bond donors (Lipinski definition) is 0. The third-order valence-electron chi connectivity index (χ3n) is 4.33. The number of oxazole rings is 1. The minimum atomic E-state index is -0.0943. The SMILES string of the molecule is Cc1cccc2oc(N3CCOC(c4cccc(C#N)c4)C3)nc12. The number of morpholine rings is 1. The Labute approximate surface area is 140 Å². The van der Waals surface area contributed by atoms with Crippen molar-refractivity contribution in [2.45, 2.75) is 13.0 Å². The molecule has 0 N–H and O–H groups in total. The molecule has 120 valence electrons. The summed E-state index contributed by atoms with van der Waals surface area (Å²) in [6, 6.07) is 16.3. The van der Waals surface area contributed by atoms with E-state index in [0.717, 1.165) is 28.8 Å². The van der Waals surface area contributed by atoms with Crippen LogP contribution in [0.15, 0.2) is 46.9 Å². The second-order valence-electron chi connectivity index (χ2n) is 5.96. The molecule has 4 rings (SSSR count). The summed E-state index contributed by atoms with van der Waals surface area (Å²) in [5.74, 6) is 0. The number of hydrogen-bond acceptors (Lipinski definition) is 5. The maximum Gasteiger partial charge on any atom is 0.298 e. The summed E-state index contributed by atoms with van der Waals surface area (Å²) in [7, 11) is 0. The van der Waals surface area contributed by atoms with Crippen molar-refractivity contribution >= 4 is 17.1 Å². The van der Waals surface area contributed by atoms with Crippen molar-refractivity contribution < 1.29 is 9.15 Å². The smallest absolute Gasteiger partial charge is 0.298 e. The number of aromatic nitrogens is 1. The summed E-state index contributed by atoms with van der Waals surface area (Å²) in [6.45, 7) is 4.02. The van der Waals surface area contributed by atoms with Gasteiger partial charge in [-0.1, -0.05) is 24.3 Å². The predicted octanol–water partition coefficient (Wildman–Crippen LogP) is 3.59. The normalized spacial score (nSPS) is 17.8. The van der Waals surface area contributed by atoms with Crippen molar-refractivity contribution in [3.05, 3.63) is 59.2 Å². The van der Waals surface area contributed by atoms with Gasteiger partial charge in [0, 0.05) is 6.54 Å². The summed E-state index contributed by atoms with van der Waals surface area (Å²) in [5, 5.41) is 9.07. The number of para-hydroxylation sites is 1. The lowest BCUT2D eigenvalue weighted by molar-refractivity contribution is 0.0381. The molecule has 1 fully saturated rings. The van der Waals surface area contributed by atoms with Gasteiger partial charge in [-0.05, 0) is 36.2 Å². The van der Waals surface area contributed by atoms with Crippen LogP contribution < -0.4 is 4.90 Å². The quantitative estimate of drug-likeness (QED) is 0.722. The molecule has 0 aliphatic carbocycles. The molecule has 1 aliphatic heterocycles. The van der Waals surface area contributed by atoms with E-state index in [1.165, 1.54) is 0 Å².